The molecule has 1 fully saturated rings. The summed E-state index contributed by atoms with van der Waals surface area (Å²) in [5.41, 5.74) is 2.01. The highest BCUT2D eigenvalue weighted by molar-refractivity contribution is 7.99. The van der Waals surface area contributed by atoms with Gasteiger partial charge in [0, 0.05) is 11.6 Å². The summed E-state index contributed by atoms with van der Waals surface area (Å²) < 4.78 is 13.3. The first-order chi connectivity index (χ1) is 15.2. The number of ether oxygens (including phenoxy) is 2. The van der Waals surface area contributed by atoms with Gasteiger partial charge in [-0.2, -0.15) is 0 Å². The Morgan fingerprint density at radius 1 is 1.13 bits per heavy atom. The first-order valence-electron chi connectivity index (χ1n) is 10.5. The van der Waals surface area contributed by atoms with Gasteiger partial charge in [-0.15, -0.1) is 10.2 Å². The second-order valence-corrected chi connectivity index (χ2v) is 8.71. The minimum absolute atomic E-state index is 0.0528. The number of hydrogen-bond donors (Lipinski definition) is 1. The molecule has 2 heterocycles. The van der Waals surface area contributed by atoms with Crippen molar-refractivity contribution in [3.8, 4) is 17.2 Å². The van der Waals surface area contributed by atoms with Gasteiger partial charge in [0.1, 0.15) is 19.0 Å². The summed E-state index contributed by atoms with van der Waals surface area (Å²) in [6, 6.07) is 15.7. The summed E-state index contributed by atoms with van der Waals surface area (Å²) in [6.45, 7) is 3.07. The van der Waals surface area contributed by atoms with E-state index in [1.807, 2.05) is 55.5 Å². The van der Waals surface area contributed by atoms with Crippen LogP contribution in [0.2, 0.25) is 0 Å². The highest BCUT2D eigenvalue weighted by Gasteiger charge is 2.31. The first-order valence-corrected chi connectivity index (χ1v) is 11.5. The van der Waals surface area contributed by atoms with Crippen molar-refractivity contribution in [2.24, 2.45) is 0 Å². The Balaban J connectivity index is 1.25. The molecule has 0 unspecified atom stereocenters. The van der Waals surface area contributed by atoms with Crippen LogP contribution in [-0.4, -0.2) is 39.6 Å². The fourth-order valence-electron chi connectivity index (χ4n) is 3.63. The number of rotatable bonds is 7. The molecule has 0 spiro atoms. The lowest BCUT2D eigenvalue weighted by Crippen LogP contribution is -2.28. The average molecular weight is 437 g/mol. The third kappa shape index (κ3) is 4.39. The van der Waals surface area contributed by atoms with Crippen LogP contribution in [0.4, 0.5) is 0 Å². The second kappa shape index (κ2) is 8.63. The number of carbonyl (C=O) groups excluding carboxylic acids is 1. The fourth-order valence-corrected chi connectivity index (χ4v) is 4.40. The highest BCUT2D eigenvalue weighted by Crippen LogP contribution is 2.41. The molecule has 0 saturated heterocycles. The summed E-state index contributed by atoms with van der Waals surface area (Å²) in [5.74, 6) is 3.14. The van der Waals surface area contributed by atoms with Crippen molar-refractivity contribution in [2.45, 2.75) is 36.9 Å². The van der Waals surface area contributed by atoms with Crippen molar-refractivity contribution in [2.75, 3.05) is 19.0 Å². The summed E-state index contributed by atoms with van der Waals surface area (Å²) in [4.78, 5) is 12.6. The molecule has 0 bridgehead atoms. The van der Waals surface area contributed by atoms with E-state index < -0.39 is 0 Å². The van der Waals surface area contributed by atoms with Crippen LogP contribution in [0.25, 0.3) is 5.69 Å². The van der Waals surface area contributed by atoms with Gasteiger partial charge in [0.15, 0.2) is 16.7 Å². The van der Waals surface area contributed by atoms with Crippen LogP contribution in [0, 0.1) is 0 Å². The number of fused-ring (bicyclic) bond motifs is 1. The van der Waals surface area contributed by atoms with Gasteiger partial charge in [-0.3, -0.25) is 9.36 Å². The number of carbonyl (C=O) groups is 1. The van der Waals surface area contributed by atoms with Gasteiger partial charge < -0.3 is 14.8 Å². The molecule has 1 N–H and O–H groups in total. The van der Waals surface area contributed by atoms with Crippen molar-refractivity contribution < 1.29 is 14.3 Å². The lowest BCUT2D eigenvalue weighted by atomic mass is 10.1. The quantitative estimate of drug-likeness (QED) is 0.566. The summed E-state index contributed by atoms with van der Waals surface area (Å²) in [6.07, 6.45) is 2.28. The number of nitrogens with one attached hydrogen (secondary N) is 1. The second-order valence-electron chi connectivity index (χ2n) is 7.77. The number of aromatic nitrogens is 3. The Morgan fingerprint density at radius 3 is 2.68 bits per heavy atom. The summed E-state index contributed by atoms with van der Waals surface area (Å²) in [7, 11) is 0. The average Bonchev–Trinajstić information content (AvgIpc) is 3.57. The number of thioether (sulfide) groups is 1. The molecule has 2 aromatic carbocycles. The van der Waals surface area contributed by atoms with Gasteiger partial charge in [-0.25, -0.2) is 0 Å². The molecule has 2 aliphatic rings. The molecule has 5 rings (SSSR count). The van der Waals surface area contributed by atoms with Gasteiger partial charge in [0.2, 0.25) is 5.91 Å². The molecule has 1 amide bonds. The standard InChI is InChI=1S/C23H24N4O3S/c1-15(17-9-10-19-20(13-17)30-12-11-29-19)24-21(28)14-31-23-26-25-22(16-7-8-16)27(23)18-5-3-2-4-6-18/h2-6,9-10,13,15-16H,7-8,11-12,14H2,1H3,(H,24,28)/t15-/m1/s1. The van der Waals surface area contributed by atoms with Crippen molar-refractivity contribution in [1.29, 1.82) is 0 Å². The lowest BCUT2D eigenvalue weighted by molar-refractivity contribution is -0.119. The fraction of sp³-hybridized carbons (Fsp3) is 0.348. The van der Waals surface area contributed by atoms with Crippen LogP contribution in [0.15, 0.2) is 53.7 Å². The van der Waals surface area contributed by atoms with E-state index in [4.69, 9.17) is 9.47 Å². The topological polar surface area (TPSA) is 78.3 Å². The van der Waals surface area contributed by atoms with Crippen LogP contribution in [0.3, 0.4) is 0 Å². The van der Waals surface area contributed by atoms with Crippen LogP contribution in [-0.2, 0) is 4.79 Å². The van der Waals surface area contributed by atoms with Gasteiger partial charge in [0.05, 0.1) is 11.8 Å². The van der Waals surface area contributed by atoms with Gasteiger partial charge >= 0.3 is 0 Å². The van der Waals surface area contributed by atoms with E-state index in [1.165, 1.54) is 11.8 Å². The van der Waals surface area contributed by atoms with Crippen LogP contribution < -0.4 is 14.8 Å². The van der Waals surface area contributed by atoms with E-state index in [2.05, 4.69) is 20.1 Å². The zero-order valence-corrected chi connectivity index (χ0v) is 18.1. The van der Waals surface area contributed by atoms with Crippen molar-refractivity contribution in [1.82, 2.24) is 20.1 Å². The van der Waals surface area contributed by atoms with E-state index in [0.29, 0.717) is 19.1 Å². The molecule has 1 aromatic heterocycles. The molecule has 3 aromatic rings. The molecular weight excluding hydrogens is 412 g/mol. The molecule has 8 heteroatoms. The van der Waals surface area contributed by atoms with Crippen molar-refractivity contribution in [3.05, 3.63) is 59.9 Å². The number of nitrogens with zero attached hydrogens (tertiary/aromatic N) is 3. The van der Waals surface area contributed by atoms with Gasteiger partial charge in [-0.1, -0.05) is 36.0 Å². The minimum atomic E-state index is -0.141. The molecule has 1 aliphatic heterocycles. The Kier molecular flexibility index (Phi) is 5.55. The molecule has 7 nitrogen and oxygen atoms in total. The van der Waals surface area contributed by atoms with Crippen molar-refractivity contribution in [3.63, 3.8) is 0 Å². The Morgan fingerprint density at radius 2 is 1.90 bits per heavy atom. The van der Waals surface area contributed by atoms with E-state index in [-0.39, 0.29) is 17.7 Å². The monoisotopic (exact) mass is 436 g/mol. The van der Waals surface area contributed by atoms with Crippen LogP contribution in [0.5, 0.6) is 11.5 Å². The first kappa shape index (κ1) is 19.9. The third-order valence-corrected chi connectivity index (χ3v) is 6.32. The van der Waals surface area contributed by atoms with E-state index >= 15 is 0 Å². The maximum atomic E-state index is 12.6. The molecule has 160 valence electrons. The van der Waals surface area contributed by atoms with Gasteiger partial charge in [0.25, 0.3) is 0 Å². The largest absolute Gasteiger partial charge is 0.486 e. The van der Waals surface area contributed by atoms with E-state index in [1.54, 1.807) is 0 Å². The number of para-hydroxylation sites is 1. The molecule has 1 aliphatic carbocycles. The highest BCUT2D eigenvalue weighted by atomic mass is 32.2. The maximum absolute atomic E-state index is 12.6. The Labute approximate surface area is 185 Å². The molecule has 0 radical (unpaired) electrons. The molecular formula is C23H24N4O3S. The maximum Gasteiger partial charge on any atom is 0.230 e. The Bertz CT molecular complexity index is 1080. The van der Waals surface area contributed by atoms with E-state index in [0.717, 1.165) is 46.6 Å². The Hall–Kier alpha value is -3.00. The van der Waals surface area contributed by atoms with Gasteiger partial charge in [-0.05, 0) is 49.6 Å². The van der Waals surface area contributed by atoms with Crippen LogP contribution >= 0.6 is 11.8 Å². The zero-order chi connectivity index (χ0) is 21.2. The predicted octanol–water partition coefficient (Wildman–Crippen LogP) is 3.89. The number of amides is 1. The molecule has 1 atom stereocenters. The predicted molar refractivity (Wildman–Crippen MR) is 118 cm³/mol. The third-order valence-electron chi connectivity index (χ3n) is 5.39. The SMILES string of the molecule is C[C@@H](NC(=O)CSc1nnc(C2CC2)n1-c1ccccc1)c1ccc2c(c1)OCCO2. The van der Waals surface area contributed by atoms with Crippen LogP contribution in [0.1, 0.15) is 43.1 Å². The smallest absolute Gasteiger partial charge is 0.230 e. The summed E-state index contributed by atoms with van der Waals surface area (Å²) >= 11 is 1.41. The molecule has 31 heavy (non-hydrogen) atoms. The lowest BCUT2D eigenvalue weighted by Gasteiger charge is -2.21. The van der Waals surface area contributed by atoms with E-state index in [9.17, 15) is 4.79 Å². The van der Waals surface area contributed by atoms with Crippen molar-refractivity contribution >= 4 is 17.7 Å². The molecule has 1 saturated carbocycles. The number of benzene rings is 2. The normalized spacial score (nSPS) is 16.0. The minimum Gasteiger partial charge on any atom is -0.486 e. The summed E-state index contributed by atoms with van der Waals surface area (Å²) in [5, 5.41) is 12.6. The zero-order valence-electron chi connectivity index (χ0n) is 17.3. The number of hydrogen-bond acceptors (Lipinski definition) is 6.